The van der Waals surface area contributed by atoms with E-state index in [2.05, 4.69) is 15.9 Å². The van der Waals surface area contributed by atoms with E-state index in [0.29, 0.717) is 24.5 Å². The second-order valence-electron chi connectivity index (χ2n) is 6.12. The number of benzene rings is 2. The molecule has 2 rings (SSSR count). The fraction of sp³-hybridized carbons (Fsp3) is 0.400. The molecule has 0 N–H and O–H groups in total. The van der Waals surface area contributed by atoms with Gasteiger partial charge >= 0.3 is 0 Å². The van der Waals surface area contributed by atoms with Crippen molar-refractivity contribution in [1.82, 2.24) is 0 Å². The zero-order chi connectivity index (χ0) is 20.6. The zero-order valence-electron chi connectivity index (χ0n) is 16.2. The van der Waals surface area contributed by atoms with Crippen LogP contribution in [0.1, 0.15) is 25.3 Å². The Morgan fingerprint density at radius 3 is 2.29 bits per heavy atom. The van der Waals surface area contributed by atoms with Gasteiger partial charge in [0, 0.05) is 4.47 Å². The summed E-state index contributed by atoms with van der Waals surface area (Å²) in [4.78, 5) is 0.122. The van der Waals surface area contributed by atoms with E-state index in [4.69, 9.17) is 18.4 Å². The summed E-state index contributed by atoms with van der Waals surface area (Å²) in [6, 6.07) is 11.8. The minimum Gasteiger partial charge on any atom is -0.493 e. The molecule has 8 heteroatoms. The molecular formula is C20H25BrO6S. The van der Waals surface area contributed by atoms with Crippen LogP contribution in [0.25, 0.3) is 0 Å². The number of halogens is 1. The normalized spacial score (nSPS) is 12.6. The van der Waals surface area contributed by atoms with Crippen molar-refractivity contribution in [2.24, 2.45) is 0 Å². The van der Waals surface area contributed by atoms with Gasteiger partial charge in [0.1, 0.15) is 6.10 Å². The molecule has 0 bridgehead atoms. The number of hydrogen-bond donors (Lipinski definition) is 0. The van der Waals surface area contributed by atoms with E-state index in [9.17, 15) is 8.42 Å². The average Bonchev–Trinajstić information content (AvgIpc) is 2.68. The van der Waals surface area contributed by atoms with E-state index in [1.54, 1.807) is 32.4 Å². The highest BCUT2D eigenvalue weighted by Gasteiger charge is 2.21. The van der Waals surface area contributed by atoms with E-state index < -0.39 is 16.2 Å². The first-order valence-corrected chi connectivity index (χ1v) is 11.1. The Balaban J connectivity index is 1.98. The van der Waals surface area contributed by atoms with E-state index in [1.165, 1.54) is 12.1 Å². The highest BCUT2D eigenvalue weighted by Crippen LogP contribution is 2.28. The van der Waals surface area contributed by atoms with Gasteiger partial charge in [0.25, 0.3) is 10.1 Å². The molecule has 0 heterocycles. The van der Waals surface area contributed by atoms with Gasteiger partial charge in [-0.2, -0.15) is 8.42 Å². The minimum absolute atomic E-state index is 0.122. The van der Waals surface area contributed by atoms with Crippen LogP contribution >= 0.6 is 15.9 Å². The topological polar surface area (TPSA) is 71.1 Å². The minimum atomic E-state index is -3.85. The summed E-state index contributed by atoms with van der Waals surface area (Å²) in [6.07, 6.45) is 0.792. The molecule has 154 valence electrons. The molecule has 0 unspecified atom stereocenters. The standard InChI is InChI=1S/C20H25BrO6S/c1-4-5-17(27-28(22,23)18-9-7-16(21)8-10-18)14-26-13-15-6-11-19(24-2)20(12-15)25-3/h6-12,17H,4-5,13-14H2,1-3H3/t17-/m0/s1. The van der Waals surface area contributed by atoms with Crippen molar-refractivity contribution in [3.05, 3.63) is 52.5 Å². The van der Waals surface area contributed by atoms with Gasteiger partial charge in [0.05, 0.1) is 32.3 Å². The fourth-order valence-electron chi connectivity index (χ4n) is 2.60. The molecule has 2 aromatic rings. The predicted molar refractivity (Wildman–Crippen MR) is 110 cm³/mol. The summed E-state index contributed by atoms with van der Waals surface area (Å²) in [7, 11) is -0.705. The van der Waals surface area contributed by atoms with Crippen LogP contribution in [0.3, 0.4) is 0 Å². The molecule has 0 radical (unpaired) electrons. The summed E-state index contributed by atoms with van der Waals surface area (Å²) in [5.74, 6) is 1.25. The van der Waals surface area contributed by atoms with Gasteiger partial charge in [-0.05, 0) is 48.4 Å². The van der Waals surface area contributed by atoms with Crippen LogP contribution in [0.5, 0.6) is 11.5 Å². The van der Waals surface area contributed by atoms with Gasteiger partial charge < -0.3 is 14.2 Å². The maximum absolute atomic E-state index is 12.5. The van der Waals surface area contributed by atoms with Crippen LogP contribution in [0, 0.1) is 0 Å². The number of hydrogen-bond acceptors (Lipinski definition) is 6. The van der Waals surface area contributed by atoms with E-state index in [0.717, 1.165) is 16.5 Å². The van der Waals surface area contributed by atoms with Crippen molar-refractivity contribution >= 4 is 26.0 Å². The van der Waals surface area contributed by atoms with Crippen molar-refractivity contribution in [2.45, 2.75) is 37.4 Å². The summed E-state index contributed by atoms with van der Waals surface area (Å²) < 4.78 is 47.4. The Morgan fingerprint density at radius 2 is 1.68 bits per heavy atom. The summed E-state index contributed by atoms with van der Waals surface area (Å²) in [6.45, 7) is 2.44. The van der Waals surface area contributed by atoms with Crippen molar-refractivity contribution in [3.8, 4) is 11.5 Å². The first-order valence-electron chi connectivity index (χ1n) is 8.87. The molecule has 28 heavy (non-hydrogen) atoms. The smallest absolute Gasteiger partial charge is 0.297 e. The summed E-state index contributed by atoms with van der Waals surface area (Å²) >= 11 is 3.29. The molecule has 2 aromatic carbocycles. The number of rotatable bonds is 11. The van der Waals surface area contributed by atoms with E-state index in [1.807, 2.05) is 19.1 Å². The average molecular weight is 473 g/mol. The first kappa shape index (κ1) is 22.7. The lowest BCUT2D eigenvalue weighted by atomic mass is 10.2. The Morgan fingerprint density at radius 1 is 1.00 bits per heavy atom. The molecule has 0 fully saturated rings. The lowest BCUT2D eigenvalue weighted by Crippen LogP contribution is -2.24. The highest BCUT2D eigenvalue weighted by atomic mass is 79.9. The van der Waals surface area contributed by atoms with Gasteiger partial charge in [0.15, 0.2) is 11.5 Å². The summed E-state index contributed by atoms with van der Waals surface area (Å²) in [5.41, 5.74) is 0.892. The van der Waals surface area contributed by atoms with Gasteiger partial charge in [-0.1, -0.05) is 35.3 Å². The lowest BCUT2D eigenvalue weighted by Gasteiger charge is -2.17. The largest absolute Gasteiger partial charge is 0.493 e. The SMILES string of the molecule is CCC[C@@H](COCc1ccc(OC)c(OC)c1)OS(=O)(=O)c1ccc(Br)cc1. The lowest BCUT2D eigenvalue weighted by molar-refractivity contribution is 0.0400. The molecule has 1 atom stereocenters. The monoisotopic (exact) mass is 472 g/mol. The summed E-state index contributed by atoms with van der Waals surface area (Å²) in [5, 5.41) is 0. The molecule has 0 aliphatic rings. The number of ether oxygens (including phenoxy) is 3. The molecule has 0 aromatic heterocycles. The van der Waals surface area contributed by atoms with E-state index >= 15 is 0 Å². The number of methoxy groups -OCH3 is 2. The molecule has 0 aliphatic heterocycles. The van der Waals surface area contributed by atoms with Crippen LogP contribution in [0.15, 0.2) is 51.8 Å². The Hall–Kier alpha value is -1.61. The van der Waals surface area contributed by atoms with Crippen molar-refractivity contribution in [3.63, 3.8) is 0 Å². The Labute approximate surface area is 175 Å². The molecule has 0 saturated heterocycles. The van der Waals surface area contributed by atoms with Gasteiger partial charge in [-0.3, -0.25) is 4.18 Å². The van der Waals surface area contributed by atoms with Crippen molar-refractivity contribution in [1.29, 1.82) is 0 Å². The fourth-order valence-corrected chi connectivity index (χ4v) is 3.95. The quantitative estimate of drug-likeness (QED) is 0.446. The van der Waals surface area contributed by atoms with Crippen LogP contribution in [0.2, 0.25) is 0 Å². The molecule has 0 amide bonds. The molecule has 6 nitrogen and oxygen atoms in total. The van der Waals surface area contributed by atoms with E-state index in [-0.39, 0.29) is 11.5 Å². The molecule has 0 aliphatic carbocycles. The van der Waals surface area contributed by atoms with Gasteiger partial charge in [-0.25, -0.2) is 0 Å². The van der Waals surface area contributed by atoms with Crippen LogP contribution in [0.4, 0.5) is 0 Å². The Bertz CT molecular complexity index is 851. The Kier molecular flexibility index (Phi) is 8.75. The predicted octanol–water partition coefficient (Wildman–Crippen LogP) is 4.56. The third kappa shape index (κ3) is 6.48. The molecular weight excluding hydrogens is 448 g/mol. The third-order valence-corrected chi connectivity index (χ3v) is 5.90. The second-order valence-corrected chi connectivity index (χ2v) is 8.61. The van der Waals surface area contributed by atoms with Crippen LogP contribution < -0.4 is 9.47 Å². The van der Waals surface area contributed by atoms with Crippen LogP contribution in [-0.4, -0.2) is 35.3 Å². The van der Waals surface area contributed by atoms with Gasteiger partial charge in [0.2, 0.25) is 0 Å². The molecule has 0 saturated carbocycles. The zero-order valence-corrected chi connectivity index (χ0v) is 18.6. The van der Waals surface area contributed by atoms with Crippen molar-refractivity contribution < 1.29 is 26.8 Å². The first-order chi connectivity index (χ1) is 13.4. The maximum Gasteiger partial charge on any atom is 0.297 e. The van der Waals surface area contributed by atoms with Crippen molar-refractivity contribution in [2.75, 3.05) is 20.8 Å². The maximum atomic E-state index is 12.5. The van der Waals surface area contributed by atoms with Gasteiger partial charge in [-0.15, -0.1) is 0 Å². The second kappa shape index (κ2) is 10.8. The highest BCUT2D eigenvalue weighted by molar-refractivity contribution is 9.10. The van der Waals surface area contributed by atoms with Crippen LogP contribution in [-0.2, 0) is 25.6 Å². The molecule has 0 spiro atoms. The third-order valence-electron chi connectivity index (χ3n) is 4.00.